The summed E-state index contributed by atoms with van der Waals surface area (Å²) in [5, 5.41) is 0.853. The Kier molecular flexibility index (Phi) is 7.22. The van der Waals surface area contributed by atoms with Crippen LogP contribution in [-0.2, 0) is 0 Å². The maximum Gasteiger partial charge on any atom is 0.195 e. The SMILES string of the molecule is c1ccc(N(c2ccccc2)c2nc3c(-c4nc5ccccc5n4-c4ccccc4)ccc(-c4nc5ccccc5n4-c4ccccc4)c3s2)cc1. The molecule has 0 unspecified atom stereocenters. The second-order valence-corrected chi connectivity index (χ2v) is 13.5. The molecule has 3 heterocycles. The summed E-state index contributed by atoms with van der Waals surface area (Å²) in [5.41, 5.74) is 10.9. The van der Waals surface area contributed by atoms with Gasteiger partial charge in [0, 0.05) is 33.9 Å². The lowest BCUT2D eigenvalue weighted by molar-refractivity contribution is 1.10. The number of para-hydroxylation sites is 8. The van der Waals surface area contributed by atoms with Gasteiger partial charge in [-0.1, -0.05) is 108 Å². The van der Waals surface area contributed by atoms with Gasteiger partial charge in [0.2, 0.25) is 0 Å². The quantitative estimate of drug-likeness (QED) is 0.167. The van der Waals surface area contributed by atoms with Crippen molar-refractivity contribution in [1.29, 1.82) is 0 Å². The molecule has 0 aliphatic rings. The fraction of sp³-hybridized carbons (Fsp3) is 0. The molecule has 0 bridgehead atoms. The van der Waals surface area contributed by atoms with Crippen LogP contribution in [0.25, 0.3) is 66.4 Å². The van der Waals surface area contributed by atoms with E-state index in [-0.39, 0.29) is 0 Å². The molecule has 3 aromatic heterocycles. The summed E-state index contributed by atoms with van der Waals surface area (Å²) in [5.74, 6) is 1.70. The highest BCUT2D eigenvalue weighted by molar-refractivity contribution is 7.23. The van der Waals surface area contributed by atoms with Crippen molar-refractivity contribution in [1.82, 2.24) is 24.1 Å². The van der Waals surface area contributed by atoms with Crippen molar-refractivity contribution in [2.24, 2.45) is 0 Å². The van der Waals surface area contributed by atoms with E-state index in [4.69, 9.17) is 15.0 Å². The van der Waals surface area contributed by atoms with Crippen molar-refractivity contribution < 1.29 is 0 Å². The first kappa shape index (κ1) is 30.0. The minimum Gasteiger partial charge on any atom is -0.292 e. The second-order valence-electron chi connectivity index (χ2n) is 12.5. The summed E-state index contributed by atoms with van der Waals surface area (Å²) < 4.78 is 5.53. The predicted octanol–water partition coefficient (Wildman–Crippen LogP) is 11.8. The second kappa shape index (κ2) is 12.5. The largest absolute Gasteiger partial charge is 0.292 e. The Balaban J connectivity index is 1.30. The molecule has 52 heavy (non-hydrogen) atoms. The topological polar surface area (TPSA) is 51.8 Å². The van der Waals surface area contributed by atoms with Gasteiger partial charge in [0.05, 0.1) is 32.3 Å². The molecule has 10 aromatic rings. The average molecular weight is 687 g/mol. The van der Waals surface area contributed by atoms with Gasteiger partial charge in [0.25, 0.3) is 0 Å². The van der Waals surface area contributed by atoms with Crippen LogP contribution in [0.1, 0.15) is 0 Å². The van der Waals surface area contributed by atoms with Crippen LogP contribution in [-0.4, -0.2) is 24.1 Å². The number of hydrogen-bond acceptors (Lipinski definition) is 5. The van der Waals surface area contributed by atoms with Crippen molar-refractivity contribution in [2.45, 2.75) is 0 Å². The summed E-state index contributed by atoms with van der Waals surface area (Å²) in [6, 6.07) is 62.8. The third kappa shape index (κ3) is 4.98. The van der Waals surface area contributed by atoms with Crippen LogP contribution in [0.2, 0.25) is 0 Å². The zero-order valence-electron chi connectivity index (χ0n) is 27.9. The molecule has 10 rings (SSSR count). The number of hydrogen-bond donors (Lipinski definition) is 0. The van der Waals surface area contributed by atoms with E-state index in [0.29, 0.717) is 0 Å². The molecule has 0 amide bonds. The molecule has 0 aliphatic heterocycles. The van der Waals surface area contributed by atoms with Crippen LogP contribution < -0.4 is 4.90 Å². The smallest absolute Gasteiger partial charge is 0.195 e. The van der Waals surface area contributed by atoms with Crippen LogP contribution in [0.3, 0.4) is 0 Å². The number of benzene rings is 7. The molecule has 0 atom stereocenters. The number of rotatable bonds is 7. The van der Waals surface area contributed by atoms with Gasteiger partial charge in [0.15, 0.2) is 5.13 Å². The summed E-state index contributed by atoms with van der Waals surface area (Å²) in [6.45, 7) is 0. The first-order valence-corrected chi connectivity index (χ1v) is 18.0. The Morgan fingerprint density at radius 1 is 0.404 bits per heavy atom. The molecule has 7 aromatic carbocycles. The first-order valence-electron chi connectivity index (χ1n) is 17.2. The molecule has 7 heteroatoms. The summed E-state index contributed by atoms with van der Waals surface area (Å²) in [7, 11) is 0. The molecule has 246 valence electrons. The molecular formula is C45H30N6S. The van der Waals surface area contributed by atoms with Crippen LogP contribution in [0.5, 0.6) is 0 Å². The molecular weight excluding hydrogens is 657 g/mol. The third-order valence-electron chi connectivity index (χ3n) is 9.38. The molecule has 0 saturated carbocycles. The van der Waals surface area contributed by atoms with Gasteiger partial charge >= 0.3 is 0 Å². The van der Waals surface area contributed by atoms with E-state index in [1.54, 1.807) is 11.3 Å². The minimum atomic E-state index is 0.836. The van der Waals surface area contributed by atoms with Crippen LogP contribution in [0, 0.1) is 0 Å². The molecule has 0 spiro atoms. The van der Waals surface area contributed by atoms with Gasteiger partial charge in [0.1, 0.15) is 11.6 Å². The number of nitrogens with zero attached hydrogens (tertiary/aromatic N) is 6. The van der Waals surface area contributed by atoms with E-state index < -0.39 is 0 Å². The Morgan fingerprint density at radius 3 is 1.35 bits per heavy atom. The van der Waals surface area contributed by atoms with Crippen molar-refractivity contribution in [3.8, 4) is 34.2 Å². The Hall–Kier alpha value is -6.83. The minimum absolute atomic E-state index is 0.836. The maximum atomic E-state index is 5.54. The fourth-order valence-electron chi connectivity index (χ4n) is 7.06. The van der Waals surface area contributed by atoms with E-state index in [2.05, 4.69) is 160 Å². The van der Waals surface area contributed by atoms with E-state index in [9.17, 15) is 0 Å². The van der Waals surface area contributed by atoms with Crippen LogP contribution in [0.15, 0.2) is 182 Å². The van der Waals surface area contributed by atoms with Gasteiger partial charge in [-0.05, 0) is 84.9 Å². The molecule has 0 N–H and O–H groups in total. The zero-order valence-corrected chi connectivity index (χ0v) is 28.7. The monoisotopic (exact) mass is 686 g/mol. The molecule has 0 fully saturated rings. The van der Waals surface area contributed by atoms with Gasteiger partial charge in [-0.2, -0.15) is 0 Å². The van der Waals surface area contributed by atoms with Crippen LogP contribution in [0.4, 0.5) is 16.5 Å². The summed E-state index contributed by atoms with van der Waals surface area (Å²) in [4.78, 5) is 18.3. The van der Waals surface area contributed by atoms with Gasteiger partial charge in [-0.25, -0.2) is 15.0 Å². The molecule has 6 nitrogen and oxygen atoms in total. The number of anilines is 3. The van der Waals surface area contributed by atoms with Crippen molar-refractivity contribution in [2.75, 3.05) is 4.90 Å². The number of fused-ring (bicyclic) bond motifs is 3. The van der Waals surface area contributed by atoms with E-state index in [1.165, 1.54) is 0 Å². The molecule has 0 saturated heterocycles. The zero-order chi connectivity index (χ0) is 34.4. The van der Waals surface area contributed by atoms with Gasteiger partial charge in [-0.15, -0.1) is 0 Å². The molecule has 0 aliphatic carbocycles. The number of thiazole rings is 1. The maximum absolute atomic E-state index is 5.54. The Morgan fingerprint density at radius 2 is 0.827 bits per heavy atom. The first-order chi connectivity index (χ1) is 25.8. The lowest BCUT2D eigenvalue weighted by Crippen LogP contribution is -2.09. The normalized spacial score (nSPS) is 11.5. The highest BCUT2D eigenvalue weighted by Gasteiger charge is 2.26. The van der Waals surface area contributed by atoms with Crippen molar-refractivity contribution in [3.05, 3.63) is 182 Å². The van der Waals surface area contributed by atoms with Crippen LogP contribution >= 0.6 is 11.3 Å². The summed E-state index contributed by atoms with van der Waals surface area (Å²) >= 11 is 1.67. The fourth-order valence-corrected chi connectivity index (χ4v) is 8.20. The van der Waals surface area contributed by atoms with E-state index in [1.807, 2.05) is 36.4 Å². The Labute approximate surface area is 304 Å². The highest BCUT2D eigenvalue weighted by atomic mass is 32.1. The standard InChI is InChI=1S/C45H30N6S/c1-5-17-31(18-6-1)49(32-19-7-2-8-20-32)45-48-41-35(43-46-37-25-13-15-27-39(37)50(43)33-21-9-3-10-22-33)29-30-36(42(41)52-45)44-47-38-26-14-16-28-40(38)51(44)34-23-11-4-12-24-34/h1-30H. The number of imidazole rings is 2. The van der Waals surface area contributed by atoms with Gasteiger partial charge in [-0.3, -0.25) is 14.0 Å². The van der Waals surface area contributed by atoms with E-state index in [0.717, 1.165) is 82.9 Å². The average Bonchev–Trinajstić information content (AvgIpc) is 3.93. The lowest BCUT2D eigenvalue weighted by atomic mass is 10.1. The highest BCUT2D eigenvalue weighted by Crippen LogP contribution is 2.46. The summed E-state index contributed by atoms with van der Waals surface area (Å²) in [6.07, 6.45) is 0. The van der Waals surface area contributed by atoms with Crippen molar-refractivity contribution >= 4 is 60.1 Å². The predicted molar refractivity (Wildman–Crippen MR) is 214 cm³/mol. The third-order valence-corrected chi connectivity index (χ3v) is 10.5. The van der Waals surface area contributed by atoms with Gasteiger partial charge < -0.3 is 0 Å². The van der Waals surface area contributed by atoms with Crippen molar-refractivity contribution in [3.63, 3.8) is 0 Å². The number of aromatic nitrogens is 5. The Bertz CT molecular complexity index is 2650. The molecule has 0 radical (unpaired) electrons. The lowest BCUT2D eigenvalue weighted by Gasteiger charge is -2.22. The van der Waals surface area contributed by atoms with E-state index >= 15 is 0 Å².